The van der Waals surface area contributed by atoms with Crippen LogP contribution in [0, 0.1) is 40.5 Å². The van der Waals surface area contributed by atoms with E-state index in [-0.39, 0.29) is 5.92 Å². The fraction of sp³-hybridized carbons (Fsp3) is 0.333. The molecule has 7 heteroatoms. The molecule has 0 radical (unpaired) electrons. The molecule has 0 saturated heterocycles. The molecule has 3 nitrogen and oxygen atoms in total. The summed E-state index contributed by atoms with van der Waals surface area (Å²) in [6.07, 6.45) is 3.56. The lowest BCUT2D eigenvalue weighted by molar-refractivity contribution is 0.0723. The Morgan fingerprint density at radius 2 is 1.50 bits per heavy atom. The van der Waals surface area contributed by atoms with E-state index in [1.165, 1.54) is 6.07 Å². The molecule has 1 aliphatic rings. The number of hydrogen-bond donors (Lipinski definition) is 0. The Balaban J connectivity index is 1.84. The lowest BCUT2D eigenvalue weighted by atomic mass is 9.79. The third-order valence-corrected chi connectivity index (χ3v) is 5.09. The average Bonchev–Trinajstić information content (AvgIpc) is 2.61. The Morgan fingerprint density at radius 3 is 2.00 bits per heavy atom. The zero-order chi connectivity index (χ0) is 20.4. The van der Waals surface area contributed by atoms with E-state index in [0.29, 0.717) is 23.6 Å². The van der Waals surface area contributed by atoms with Gasteiger partial charge in [-0.25, -0.2) is 22.4 Å². The minimum Gasteiger partial charge on any atom is -0.423 e. The number of halogens is 4. The lowest BCUT2D eigenvalue weighted by Crippen LogP contribution is -2.16. The van der Waals surface area contributed by atoms with Crippen LogP contribution in [0.1, 0.15) is 60.0 Å². The summed E-state index contributed by atoms with van der Waals surface area (Å²) in [5, 5.41) is 8.63. The number of rotatable bonds is 3. The normalized spacial score (nSPS) is 19.1. The molecule has 146 valence electrons. The highest BCUT2D eigenvalue weighted by Crippen LogP contribution is 2.36. The van der Waals surface area contributed by atoms with Crippen molar-refractivity contribution in [2.45, 2.75) is 38.5 Å². The summed E-state index contributed by atoms with van der Waals surface area (Å²) in [6, 6.07) is 4.75. The number of nitrogens with zero attached hydrogens (tertiary/aromatic N) is 1. The first-order valence-electron chi connectivity index (χ1n) is 8.90. The predicted molar refractivity (Wildman–Crippen MR) is 92.8 cm³/mol. The van der Waals surface area contributed by atoms with Crippen LogP contribution in [-0.2, 0) is 0 Å². The molecule has 1 fully saturated rings. The molecule has 0 atom stereocenters. The van der Waals surface area contributed by atoms with Crippen molar-refractivity contribution in [3.8, 4) is 11.8 Å². The van der Waals surface area contributed by atoms with Gasteiger partial charge in [-0.05, 0) is 42.4 Å². The summed E-state index contributed by atoms with van der Waals surface area (Å²) in [7, 11) is 0. The zero-order valence-electron chi connectivity index (χ0n) is 15.1. The van der Waals surface area contributed by atoms with Crippen molar-refractivity contribution >= 4 is 5.97 Å². The smallest absolute Gasteiger partial charge is 0.349 e. The quantitative estimate of drug-likeness (QED) is 0.387. The Hall–Kier alpha value is -2.88. The van der Waals surface area contributed by atoms with Gasteiger partial charge in [-0.15, -0.1) is 0 Å². The van der Waals surface area contributed by atoms with Crippen LogP contribution in [0.25, 0.3) is 0 Å². The maximum atomic E-state index is 14.4. The minimum atomic E-state index is -1.41. The van der Waals surface area contributed by atoms with E-state index in [2.05, 4.69) is 6.92 Å². The first-order valence-corrected chi connectivity index (χ1v) is 8.90. The number of nitriles is 1. The summed E-state index contributed by atoms with van der Waals surface area (Å²) in [4.78, 5) is 12.2. The first kappa shape index (κ1) is 19.9. The van der Waals surface area contributed by atoms with Crippen molar-refractivity contribution < 1.29 is 27.1 Å². The molecule has 0 spiro atoms. The maximum Gasteiger partial charge on any atom is 0.349 e. The summed E-state index contributed by atoms with van der Waals surface area (Å²) >= 11 is 0. The maximum absolute atomic E-state index is 14.4. The van der Waals surface area contributed by atoms with Gasteiger partial charge in [0.25, 0.3) is 0 Å². The fourth-order valence-corrected chi connectivity index (χ4v) is 3.49. The molecule has 0 N–H and O–H groups in total. The molecular weight excluding hydrogens is 374 g/mol. The SMILES string of the molecule is CC1CCC(c2cc(F)c(C(=O)Oc3cc(F)c(C#N)c(F)c3)c(F)c2)CC1. The summed E-state index contributed by atoms with van der Waals surface area (Å²) < 4.78 is 60.8. The molecule has 0 unspecified atom stereocenters. The lowest BCUT2D eigenvalue weighted by Gasteiger charge is -2.26. The second-order valence-electron chi connectivity index (χ2n) is 7.08. The van der Waals surface area contributed by atoms with E-state index in [1.54, 1.807) is 0 Å². The van der Waals surface area contributed by atoms with E-state index in [0.717, 1.165) is 37.8 Å². The Labute approximate surface area is 159 Å². The first-order chi connectivity index (χ1) is 13.3. The van der Waals surface area contributed by atoms with Crippen molar-refractivity contribution in [2.75, 3.05) is 0 Å². The molecule has 0 aromatic heterocycles. The van der Waals surface area contributed by atoms with Gasteiger partial charge >= 0.3 is 5.97 Å². The summed E-state index contributed by atoms with van der Waals surface area (Å²) in [5.41, 5.74) is -1.30. The largest absolute Gasteiger partial charge is 0.423 e. The summed E-state index contributed by atoms with van der Waals surface area (Å²) in [5.74, 6) is -6.08. The number of hydrogen-bond acceptors (Lipinski definition) is 3. The third kappa shape index (κ3) is 4.01. The predicted octanol–water partition coefficient (Wildman–Crippen LogP) is 5.63. The monoisotopic (exact) mass is 391 g/mol. The highest BCUT2D eigenvalue weighted by atomic mass is 19.1. The second-order valence-corrected chi connectivity index (χ2v) is 7.08. The van der Waals surface area contributed by atoms with Crippen molar-refractivity contribution in [3.63, 3.8) is 0 Å². The zero-order valence-corrected chi connectivity index (χ0v) is 15.1. The Kier molecular flexibility index (Phi) is 5.68. The molecule has 0 bridgehead atoms. The molecule has 0 amide bonds. The number of esters is 1. The highest BCUT2D eigenvalue weighted by molar-refractivity contribution is 5.91. The number of benzene rings is 2. The fourth-order valence-electron chi connectivity index (χ4n) is 3.49. The van der Waals surface area contributed by atoms with Crippen molar-refractivity contribution in [2.24, 2.45) is 5.92 Å². The van der Waals surface area contributed by atoms with Crippen LogP contribution < -0.4 is 4.74 Å². The van der Waals surface area contributed by atoms with Crippen LogP contribution >= 0.6 is 0 Å². The Bertz CT molecular complexity index is 913. The van der Waals surface area contributed by atoms with Crippen LogP contribution in [0.2, 0.25) is 0 Å². The van der Waals surface area contributed by atoms with Crippen LogP contribution in [0.15, 0.2) is 24.3 Å². The van der Waals surface area contributed by atoms with E-state index in [9.17, 15) is 22.4 Å². The molecular formula is C21H17F4NO2. The second kappa shape index (κ2) is 8.01. The Morgan fingerprint density at radius 1 is 0.964 bits per heavy atom. The van der Waals surface area contributed by atoms with Gasteiger partial charge in [0.05, 0.1) is 0 Å². The van der Waals surface area contributed by atoms with Crippen LogP contribution in [0.3, 0.4) is 0 Å². The molecule has 3 rings (SSSR count). The van der Waals surface area contributed by atoms with Crippen molar-refractivity contribution in [1.82, 2.24) is 0 Å². The van der Waals surface area contributed by atoms with Gasteiger partial charge in [0.2, 0.25) is 0 Å². The van der Waals surface area contributed by atoms with Gasteiger partial charge in [0, 0.05) is 12.1 Å². The van der Waals surface area contributed by atoms with Gasteiger partial charge in [-0.3, -0.25) is 0 Å². The summed E-state index contributed by atoms with van der Waals surface area (Å²) in [6.45, 7) is 2.13. The molecule has 1 saturated carbocycles. The molecule has 28 heavy (non-hydrogen) atoms. The van der Waals surface area contributed by atoms with Gasteiger partial charge < -0.3 is 4.74 Å². The number of carbonyl (C=O) groups excluding carboxylic acids is 1. The van der Waals surface area contributed by atoms with Crippen LogP contribution in [0.4, 0.5) is 17.6 Å². The minimum absolute atomic E-state index is 0.0204. The van der Waals surface area contributed by atoms with Crippen LogP contribution in [0.5, 0.6) is 5.75 Å². The molecule has 0 aliphatic heterocycles. The number of carbonyl (C=O) groups is 1. The van der Waals surface area contributed by atoms with Crippen LogP contribution in [-0.4, -0.2) is 5.97 Å². The van der Waals surface area contributed by atoms with E-state index in [4.69, 9.17) is 10.00 Å². The molecule has 0 heterocycles. The molecule has 2 aromatic carbocycles. The molecule has 1 aliphatic carbocycles. The molecule has 2 aromatic rings. The third-order valence-electron chi connectivity index (χ3n) is 5.09. The van der Waals surface area contributed by atoms with Crippen molar-refractivity contribution in [1.29, 1.82) is 5.26 Å². The highest BCUT2D eigenvalue weighted by Gasteiger charge is 2.26. The van der Waals surface area contributed by atoms with Gasteiger partial charge in [-0.1, -0.05) is 19.8 Å². The standard InChI is InChI=1S/C21H17F4NO2/c1-11-2-4-12(5-3-11)13-6-18(24)20(19(25)7-13)21(27)28-14-8-16(22)15(10-26)17(23)9-14/h6-9,11-12H,2-5H2,1H3. The van der Waals surface area contributed by atoms with Crippen molar-refractivity contribution in [3.05, 3.63) is 64.2 Å². The number of ether oxygens (including phenoxy) is 1. The van der Waals surface area contributed by atoms with Gasteiger partial charge in [0.1, 0.15) is 46.2 Å². The van der Waals surface area contributed by atoms with E-state index >= 15 is 0 Å². The topological polar surface area (TPSA) is 50.1 Å². The van der Waals surface area contributed by atoms with Gasteiger partial charge in [0.15, 0.2) is 0 Å². The average molecular weight is 391 g/mol. The van der Waals surface area contributed by atoms with Gasteiger partial charge in [-0.2, -0.15) is 5.26 Å². The van der Waals surface area contributed by atoms with E-state index in [1.807, 2.05) is 0 Å². The van der Waals surface area contributed by atoms with E-state index < -0.39 is 46.1 Å².